The number of anilines is 1. The van der Waals surface area contributed by atoms with E-state index >= 15 is 0 Å². The van der Waals surface area contributed by atoms with Crippen LogP contribution in [0.2, 0.25) is 0 Å². The van der Waals surface area contributed by atoms with Gasteiger partial charge in [0.15, 0.2) is 5.17 Å². The molecule has 4 nitrogen and oxygen atoms in total. The van der Waals surface area contributed by atoms with Crippen LogP contribution in [0.25, 0.3) is 0 Å². The van der Waals surface area contributed by atoms with Crippen LogP contribution in [0.15, 0.2) is 29.3 Å². The monoisotopic (exact) mass is 491 g/mol. The molecule has 1 aromatic rings. The number of unbranched alkanes of at least 4 members (excludes halogenated alkanes) is 1. The van der Waals surface area contributed by atoms with E-state index < -0.39 is 0 Å². The van der Waals surface area contributed by atoms with Crippen LogP contribution in [0.1, 0.15) is 96.0 Å². The van der Waals surface area contributed by atoms with E-state index in [0.717, 1.165) is 17.9 Å². The number of nitrogens with one attached hydrogen (secondary N) is 1. The Balaban J connectivity index is 0.00000306. The molecule has 3 fully saturated rings. The van der Waals surface area contributed by atoms with E-state index in [9.17, 15) is 4.79 Å². The van der Waals surface area contributed by atoms with Gasteiger partial charge >= 0.3 is 0 Å². The number of rotatable bonds is 8. The zero-order valence-electron chi connectivity index (χ0n) is 20.3. The Morgan fingerprint density at radius 1 is 1.03 bits per heavy atom. The lowest BCUT2D eigenvalue weighted by Crippen LogP contribution is -2.45. The van der Waals surface area contributed by atoms with Crippen molar-refractivity contribution in [2.45, 2.75) is 115 Å². The van der Waals surface area contributed by atoms with Crippen LogP contribution < -0.4 is 5.32 Å². The molecule has 1 aliphatic heterocycles. The first-order valence-corrected chi connectivity index (χ1v) is 14.1. The van der Waals surface area contributed by atoms with Gasteiger partial charge in [-0.15, -0.1) is 12.4 Å². The molecule has 0 spiro atoms. The number of carbonyl (C=O) groups is 1. The lowest BCUT2D eigenvalue weighted by molar-refractivity contribution is -0.117. The standard InChI is InChI=1S/C27H41N3OS.ClH/c1-2-3-10-21-15-17-23(18-16-21)28-26(31)19-25-20-32-27(29-22-11-6-4-7-12-22)30(25)24-13-8-5-9-14-24;/h15-18,22,24-25H,2-14,19-20H2,1H3,(H,28,31);1H. The van der Waals surface area contributed by atoms with Crippen LogP contribution in [0.5, 0.6) is 0 Å². The first-order valence-electron chi connectivity index (χ1n) is 13.1. The molecule has 33 heavy (non-hydrogen) atoms. The molecule has 6 heteroatoms. The summed E-state index contributed by atoms with van der Waals surface area (Å²) in [7, 11) is 0. The minimum atomic E-state index is 0. The Labute approximate surface area is 211 Å². The molecule has 1 unspecified atom stereocenters. The Hall–Kier alpha value is -1.20. The van der Waals surface area contributed by atoms with Crippen molar-refractivity contribution in [3.63, 3.8) is 0 Å². The smallest absolute Gasteiger partial charge is 0.226 e. The fourth-order valence-corrected chi connectivity index (χ4v) is 6.78. The number of hydrogen-bond donors (Lipinski definition) is 1. The Bertz CT molecular complexity index is 757. The topological polar surface area (TPSA) is 44.7 Å². The summed E-state index contributed by atoms with van der Waals surface area (Å²) in [5.74, 6) is 1.13. The molecule has 184 valence electrons. The van der Waals surface area contributed by atoms with Crippen LogP contribution in [0.4, 0.5) is 5.69 Å². The number of halogens is 1. The summed E-state index contributed by atoms with van der Waals surface area (Å²) < 4.78 is 0. The Morgan fingerprint density at radius 2 is 1.70 bits per heavy atom. The van der Waals surface area contributed by atoms with Gasteiger partial charge in [-0.1, -0.05) is 75.8 Å². The normalized spacial score (nSPS) is 23.5. The molecule has 4 rings (SSSR count). The fourth-order valence-electron chi connectivity index (χ4n) is 5.48. The maximum Gasteiger partial charge on any atom is 0.226 e. The van der Waals surface area contributed by atoms with Gasteiger partial charge in [-0.25, -0.2) is 0 Å². The average Bonchev–Trinajstić information content (AvgIpc) is 3.21. The van der Waals surface area contributed by atoms with Gasteiger partial charge in [0.05, 0.1) is 6.04 Å². The van der Waals surface area contributed by atoms with E-state index in [0.29, 0.717) is 18.5 Å². The second-order valence-corrected chi connectivity index (χ2v) is 10.9. The second-order valence-electron chi connectivity index (χ2n) is 9.92. The molecule has 1 aromatic carbocycles. The van der Waals surface area contributed by atoms with Crippen molar-refractivity contribution in [1.29, 1.82) is 0 Å². The molecule has 2 saturated carbocycles. The molecule has 1 saturated heterocycles. The quantitative estimate of drug-likeness (QED) is 0.417. The fraction of sp³-hybridized carbons (Fsp3) is 0.704. The zero-order valence-corrected chi connectivity index (χ0v) is 21.9. The predicted molar refractivity (Wildman–Crippen MR) is 145 cm³/mol. The van der Waals surface area contributed by atoms with Crippen molar-refractivity contribution in [3.8, 4) is 0 Å². The number of nitrogens with zero attached hydrogens (tertiary/aromatic N) is 2. The van der Waals surface area contributed by atoms with E-state index in [-0.39, 0.29) is 24.4 Å². The maximum absolute atomic E-state index is 13.0. The van der Waals surface area contributed by atoms with Gasteiger partial charge in [-0.05, 0) is 56.2 Å². The number of aryl methyl sites for hydroxylation is 1. The van der Waals surface area contributed by atoms with Gasteiger partial charge in [-0.2, -0.15) is 0 Å². The van der Waals surface area contributed by atoms with Gasteiger partial charge in [-0.3, -0.25) is 9.79 Å². The van der Waals surface area contributed by atoms with Crippen LogP contribution in [-0.2, 0) is 11.2 Å². The van der Waals surface area contributed by atoms with E-state index in [1.54, 1.807) is 0 Å². The van der Waals surface area contributed by atoms with Crippen LogP contribution in [-0.4, -0.2) is 39.9 Å². The van der Waals surface area contributed by atoms with Crippen molar-refractivity contribution >= 4 is 40.9 Å². The van der Waals surface area contributed by atoms with Crippen LogP contribution in [0, 0.1) is 0 Å². The summed E-state index contributed by atoms with van der Waals surface area (Å²) in [5, 5.41) is 4.39. The minimum absolute atomic E-state index is 0. The number of amides is 1. The Morgan fingerprint density at radius 3 is 2.36 bits per heavy atom. The summed E-state index contributed by atoms with van der Waals surface area (Å²) in [6.45, 7) is 2.22. The second kappa shape index (κ2) is 13.6. The Kier molecular flexibility index (Phi) is 10.9. The third kappa shape index (κ3) is 7.65. The summed E-state index contributed by atoms with van der Waals surface area (Å²) in [6.07, 6.45) is 17.1. The SMILES string of the molecule is CCCCc1ccc(NC(=O)CC2CSC(=NC3CCCCC3)N2C2CCCCC2)cc1.Cl. The number of aliphatic imine (C=N–C) groups is 1. The van der Waals surface area contributed by atoms with E-state index in [2.05, 4.69) is 41.4 Å². The lowest BCUT2D eigenvalue weighted by Gasteiger charge is -2.37. The molecule has 1 N–H and O–H groups in total. The molecule has 3 aliphatic rings. The lowest BCUT2D eigenvalue weighted by atomic mass is 9.93. The molecule has 1 atom stereocenters. The molecule has 0 bridgehead atoms. The van der Waals surface area contributed by atoms with E-state index in [1.165, 1.54) is 87.8 Å². The predicted octanol–water partition coefficient (Wildman–Crippen LogP) is 7.22. The largest absolute Gasteiger partial charge is 0.344 e. The minimum Gasteiger partial charge on any atom is -0.344 e. The zero-order chi connectivity index (χ0) is 22.2. The van der Waals surface area contributed by atoms with Gasteiger partial charge in [0.2, 0.25) is 5.91 Å². The van der Waals surface area contributed by atoms with Crippen LogP contribution >= 0.6 is 24.2 Å². The van der Waals surface area contributed by atoms with Gasteiger partial charge in [0.25, 0.3) is 0 Å². The van der Waals surface area contributed by atoms with Crippen molar-refractivity contribution < 1.29 is 4.79 Å². The number of thioether (sulfide) groups is 1. The molecule has 1 amide bonds. The van der Waals surface area contributed by atoms with E-state index in [4.69, 9.17) is 4.99 Å². The molecule has 0 aromatic heterocycles. The van der Waals surface area contributed by atoms with Crippen LogP contribution in [0.3, 0.4) is 0 Å². The van der Waals surface area contributed by atoms with Gasteiger partial charge in [0, 0.05) is 29.9 Å². The maximum atomic E-state index is 13.0. The highest BCUT2D eigenvalue weighted by atomic mass is 35.5. The number of carbonyl (C=O) groups excluding carboxylic acids is 1. The van der Waals surface area contributed by atoms with Gasteiger partial charge in [0.1, 0.15) is 0 Å². The highest BCUT2D eigenvalue weighted by Crippen LogP contribution is 2.35. The summed E-state index contributed by atoms with van der Waals surface area (Å²) in [5.41, 5.74) is 2.27. The first-order chi connectivity index (χ1) is 15.7. The molecular weight excluding hydrogens is 450 g/mol. The number of amidine groups is 1. The average molecular weight is 492 g/mol. The highest BCUT2D eigenvalue weighted by Gasteiger charge is 2.37. The van der Waals surface area contributed by atoms with Gasteiger partial charge < -0.3 is 10.2 Å². The number of benzene rings is 1. The number of hydrogen-bond acceptors (Lipinski definition) is 3. The van der Waals surface area contributed by atoms with Crippen molar-refractivity contribution in [2.75, 3.05) is 11.1 Å². The highest BCUT2D eigenvalue weighted by molar-refractivity contribution is 8.14. The van der Waals surface area contributed by atoms with Crippen molar-refractivity contribution in [3.05, 3.63) is 29.8 Å². The third-order valence-corrected chi connectivity index (χ3v) is 8.46. The van der Waals surface area contributed by atoms with Crippen molar-refractivity contribution in [2.24, 2.45) is 4.99 Å². The summed E-state index contributed by atoms with van der Waals surface area (Å²) >= 11 is 1.90. The van der Waals surface area contributed by atoms with Crippen molar-refractivity contribution in [1.82, 2.24) is 4.90 Å². The van der Waals surface area contributed by atoms with E-state index in [1.807, 2.05) is 11.8 Å². The summed E-state index contributed by atoms with van der Waals surface area (Å²) in [6, 6.07) is 9.75. The molecule has 1 heterocycles. The summed E-state index contributed by atoms with van der Waals surface area (Å²) in [4.78, 5) is 20.8. The third-order valence-electron chi connectivity index (χ3n) is 7.33. The molecular formula is C27H42ClN3OS. The molecule has 0 radical (unpaired) electrons. The molecule has 2 aliphatic carbocycles. The first kappa shape index (κ1) is 26.4.